The molecule has 0 aliphatic heterocycles. The van der Waals surface area contributed by atoms with Crippen molar-refractivity contribution in [3.63, 3.8) is 0 Å². The van der Waals surface area contributed by atoms with Gasteiger partial charge in [-0.15, -0.1) is 0 Å². The largest absolute Gasteiger partial charge is 0.230 e. The lowest BCUT2D eigenvalue weighted by molar-refractivity contribution is -0.365. The van der Waals surface area contributed by atoms with Crippen LogP contribution in [0.3, 0.4) is 0 Å². The lowest BCUT2D eigenvalue weighted by Crippen LogP contribution is -2.23. The number of hydrogen-bond acceptors (Lipinski definition) is 2. The van der Waals surface area contributed by atoms with Gasteiger partial charge in [0.1, 0.15) is 6.10 Å². The molecule has 0 amide bonds. The molecule has 0 spiro atoms. The highest BCUT2D eigenvalue weighted by Gasteiger charge is 2.15. The maximum Gasteiger partial charge on any atom is 0.111 e. The lowest BCUT2D eigenvalue weighted by Gasteiger charge is -2.21. The Balaban J connectivity index is 2.27. The van der Waals surface area contributed by atoms with Gasteiger partial charge in [0.15, 0.2) is 0 Å². The van der Waals surface area contributed by atoms with Gasteiger partial charge in [0.05, 0.1) is 5.60 Å². The quantitative estimate of drug-likeness (QED) is 0.372. The Morgan fingerprint density at radius 3 is 2.69 bits per heavy atom. The van der Waals surface area contributed by atoms with Crippen LogP contribution in [0.4, 0.5) is 0 Å². The third-order valence-corrected chi connectivity index (χ3v) is 1.88. The highest BCUT2D eigenvalue weighted by Crippen LogP contribution is 2.17. The smallest absolute Gasteiger partial charge is 0.111 e. The molecule has 1 atom stereocenters. The molecule has 1 aliphatic rings. The average Bonchev–Trinajstić information content (AvgIpc) is 2.26. The van der Waals surface area contributed by atoms with Crippen LogP contribution in [0.5, 0.6) is 0 Å². The molecular formula is C11H20O2. The molecule has 0 bridgehead atoms. The van der Waals surface area contributed by atoms with Crippen molar-refractivity contribution in [3.8, 4) is 0 Å². The molecule has 0 heterocycles. The second kappa shape index (κ2) is 4.77. The van der Waals surface area contributed by atoms with Crippen LogP contribution in [-0.2, 0) is 9.78 Å². The Morgan fingerprint density at radius 1 is 1.23 bits per heavy atom. The first-order valence-corrected chi connectivity index (χ1v) is 5.09. The van der Waals surface area contributed by atoms with Crippen molar-refractivity contribution in [2.24, 2.45) is 0 Å². The Hall–Kier alpha value is -0.340. The summed E-state index contributed by atoms with van der Waals surface area (Å²) in [6.45, 7) is 5.98. The van der Waals surface area contributed by atoms with E-state index in [0.717, 1.165) is 6.42 Å². The van der Waals surface area contributed by atoms with Crippen molar-refractivity contribution in [1.29, 1.82) is 0 Å². The predicted molar refractivity (Wildman–Crippen MR) is 53.3 cm³/mol. The molecule has 2 heteroatoms. The molecule has 0 N–H and O–H groups in total. The van der Waals surface area contributed by atoms with Gasteiger partial charge in [0, 0.05) is 0 Å². The second-order valence-electron chi connectivity index (χ2n) is 4.54. The highest BCUT2D eigenvalue weighted by atomic mass is 17.2. The van der Waals surface area contributed by atoms with Gasteiger partial charge in [0.2, 0.25) is 0 Å². The minimum Gasteiger partial charge on any atom is -0.230 e. The normalized spacial score (nSPS) is 24.4. The molecule has 0 aromatic heterocycles. The van der Waals surface area contributed by atoms with Crippen LogP contribution in [0.25, 0.3) is 0 Å². The van der Waals surface area contributed by atoms with E-state index >= 15 is 0 Å². The van der Waals surface area contributed by atoms with E-state index in [9.17, 15) is 0 Å². The summed E-state index contributed by atoms with van der Waals surface area (Å²) in [5.74, 6) is 0. The third-order valence-electron chi connectivity index (χ3n) is 1.88. The predicted octanol–water partition coefficient (Wildman–Crippen LogP) is 3.23. The van der Waals surface area contributed by atoms with Gasteiger partial charge in [-0.1, -0.05) is 18.6 Å². The first-order valence-electron chi connectivity index (χ1n) is 5.09. The van der Waals surface area contributed by atoms with E-state index in [1.54, 1.807) is 0 Å². The van der Waals surface area contributed by atoms with Gasteiger partial charge in [-0.25, -0.2) is 9.78 Å². The molecule has 76 valence electrons. The van der Waals surface area contributed by atoms with Crippen LogP contribution >= 0.6 is 0 Å². The molecule has 0 saturated heterocycles. The summed E-state index contributed by atoms with van der Waals surface area (Å²) in [6.07, 6.45) is 9.20. The number of hydrogen-bond donors (Lipinski definition) is 0. The van der Waals surface area contributed by atoms with E-state index in [-0.39, 0.29) is 11.7 Å². The fourth-order valence-corrected chi connectivity index (χ4v) is 1.24. The molecule has 0 saturated carbocycles. The molecular weight excluding hydrogens is 164 g/mol. The summed E-state index contributed by atoms with van der Waals surface area (Å²) in [5.41, 5.74) is -0.208. The summed E-state index contributed by atoms with van der Waals surface area (Å²) < 4.78 is 0. The number of allylic oxidation sites excluding steroid dienone is 1. The lowest BCUT2D eigenvalue weighted by atomic mass is 10.2. The fraction of sp³-hybridized carbons (Fsp3) is 0.818. The summed E-state index contributed by atoms with van der Waals surface area (Å²) in [4.78, 5) is 10.6. The van der Waals surface area contributed by atoms with Gasteiger partial charge < -0.3 is 0 Å². The summed E-state index contributed by atoms with van der Waals surface area (Å²) >= 11 is 0. The maximum absolute atomic E-state index is 5.34. The van der Waals surface area contributed by atoms with Gasteiger partial charge in [-0.2, -0.15) is 0 Å². The minimum atomic E-state index is -0.208. The highest BCUT2D eigenvalue weighted by molar-refractivity contribution is 4.91. The van der Waals surface area contributed by atoms with E-state index in [0.29, 0.717) is 0 Å². The van der Waals surface area contributed by atoms with Gasteiger partial charge in [-0.3, -0.25) is 0 Å². The summed E-state index contributed by atoms with van der Waals surface area (Å²) in [7, 11) is 0. The molecule has 2 nitrogen and oxygen atoms in total. The van der Waals surface area contributed by atoms with E-state index in [2.05, 4.69) is 12.2 Å². The van der Waals surface area contributed by atoms with Crippen LogP contribution in [0.15, 0.2) is 12.2 Å². The molecule has 1 unspecified atom stereocenters. The van der Waals surface area contributed by atoms with Crippen molar-refractivity contribution < 1.29 is 9.78 Å². The van der Waals surface area contributed by atoms with Crippen LogP contribution in [0, 0.1) is 0 Å². The minimum absolute atomic E-state index is 0.154. The van der Waals surface area contributed by atoms with Crippen molar-refractivity contribution in [2.45, 2.75) is 58.2 Å². The Labute approximate surface area is 80.8 Å². The molecule has 13 heavy (non-hydrogen) atoms. The molecule has 1 aliphatic carbocycles. The zero-order valence-corrected chi connectivity index (χ0v) is 8.88. The Morgan fingerprint density at radius 2 is 2.00 bits per heavy atom. The van der Waals surface area contributed by atoms with Gasteiger partial charge in [-0.05, 0) is 40.0 Å². The fourth-order valence-electron chi connectivity index (χ4n) is 1.24. The van der Waals surface area contributed by atoms with Crippen LogP contribution in [0.1, 0.15) is 46.5 Å². The van der Waals surface area contributed by atoms with E-state index in [1.165, 1.54) is 19.3 Å². The topological polar surface area (TPSA) is 18.5 Å². The number of rotatable bonds is 2. The standard InChI is InChI=1S/C11H20O2/c1-11(2,3)13-12-10-8-6-4-5-7-9-10/h6,8,10H,4-5,7,9H2,1-3H3. The zero-order chi connectivity index (χ0) is 9.73. The van der Waals surface area contributed by atoms with Crippen LogP contribution in [-0.4, -0.2) is 11.7 Å². The monoisotopic (exact) mass is 184 g/mol. The summed E-state index contributed by atoms with van der Waals surface area (Å²) in [6, 6.07) is 0. The molecule has 0 radical (unpaired) electrons. The molecule has 0 fully saturated rings. The molecule has 0 aromatic carbocycles. The SMILES string of the molecule is CC(C)(C)OOC1C=CCCCC1. The van der Waals surface area contributed by atoms with E-state index in [1.807, 2.05) is 20.8 Å². The maximum atomic E-state index is 5.34. The van der Waals surface area contributed by atoms with Crippen molar-refractivity contribution in [1.82, 2.24) is 0 Å². The Bertz CT molecular complexity index is 167. The van der Waals surface area contributed by atoms with Gasteiger partial charge >= 0.3 is 0 Å². The Kier molecular flexibility index (Phi) is 3.94. The average molecular weight is 184 g/mol. The third kappa shape index (κ3) is 5.06. The first-order chi connectivity index (χ1) is 6.08. The first kappa shape index (κ1) is 10.7. The van der Waals surface area contributed by atoms with Crippen molar-refractivity contribution in [2.75, 3.05) is 0 Å². The van der Waals surface area contributed by atoms with E-state index in [4.69, 9.17) is 9.78 Å². The summed E-state index contributed by atoms with van der Waals surface area (Å²) in [5, 5.41) is 0. The van der Waals surface area contributed by atoms with Crippen LogP contribution in [0.2, 0.25) is 0 Å². The zero-order valence-electron chi connectivity index (χ0n) is 8.88. The molecule has 0 aromatic rings. The van der Waals surface area contributed by atoms with E-state index < -0.39 is 0 Å². The van der Waals surface area contributed by atoms with Gasteiger partial charge in [0.25, 0.3) is 0 Å². The van der Waals surface area contributed by atoms with Crippen molar-refractivity contribution >= 4 is 0 Å². The molecule has 1 rings (SSSR count). The van der Waals surface area contributed by atoms with Crippen LogP contribution < -0.4 is 0 Å². The second-order valence-corrected chi connectivity index (χ2v) is 4.54. The van der Waals surface area contributed by atoms with Crippen molar-refractivity contribution in [3.05, 3.63) is 12.2 Å².